The minimum absolute atomic E-state index is 0.103. The summed E-state index contributed by atoms with van der Waals surface area (Å²) in [4.78, 5) is 11.8. The molecule has 1 saturated heterocycles. The summed E-state index contributed by atoms with van der Waals surface area (Å²) in [6.45, 7) is 23.4. The zero-order chi connectivity index (χ0) is 22.0. The van der Waals surface area contributed by atoms with Gasteiger partial charge in [-0.15, -0.1) is 0 Å². The molecular weight excluding hydrogens is 386 g/mol. The van der Waals surface area contributed by atoms with Gasteiger partial charge < -0.3 is 18.9 Å². The monoisotopic (exact) mass is 431 g/mol. The van der Waals surface area contributed by atoms with Crippen molar-refractivity contribution in [2.24, 2.45) is 0 Å². The first-order valence-corrected chi connectivity index (χ1v) is 16.5. The van der Waals surface area contributed by atoms with Crippen LogP contribution in [0.2, 0.25) is 36.3 Å². The molecule has 28 heavy (non-hydrogen) atoms. The molecule has 1 aliphatic rings. The van der Waals surface area contributed by atoms with Crippen molar-refractivity contribution in [3.8, 4) is 0 Å². The molecule has 0 saturated carbocycles. The first-order chi connectivity index (χ1) is 12.5. The van der Waals surface area contributed by atoms with Crippen LogP contribution in [0.3, 0.4) is 0 Å². The van der Waals surface area contributed by atoms with Crippen molar-refractivity contribution in [1.82, 2.24) is 5.32 Å². The molecule has 0 bridgehead atoms. The minimum atomic E-state index is -1.88. The van der Waals surface area contributed by atoms with E-state index in [-0.39, 0.29) is 34.2 Å². The van der Waals surface area contributed by atoms with Crippen molar-refractivity contribution in [2.75, 3.05) is 13.7 Å². The first kappa shape index (κ1) is 25.8. The number of rotatable bonds is 7. The normalized spacial score (nSPS) is 24.9. The molecule has 1 fully saturated rings. The van der Waals surface area contributed by atoms with Gasteiger partial charge >= 0.3 is 5.97 Å². The summed E-state index contributed by atoms with van der Waals surface area (Å²) in [7, 11) is -2.28. The van der Waals surface area contributed by atoms with Crippen LogP contribution in [0.5, 0.6) is 0 Å². The van der Waals surface area contributed by atoms with Crippen LogP contribution in [0.4, 0.5) is 0 Å². The summed E-state index contributed by atoms with van der Waals surface area (Å²) in [6.07, 6.45) is 2.40. The summed E-state index contributed by atoms with van der Waals surface area (Å²) in [5.41, 5.74) is 0. The fourth-order valence-electron chi connectivity index (χ4n) is 2.87. The van der Waals surface area contributed by atoms with Gasteiger partial charge in [-0.3, -0.25) is 4.79 Å². The zero-order valence-electron chi connectivity index (χ0n) is 20.2. The second-order valence-electron chi connectivity index (χ2n) is 11.3. The third-order valence-electron chi connectivity index (χ3n) is 7.02. The molecule has 0 amide bonds. The van der Waals surface area contributed by atoms with Crippen LogP contribution in [-0.4, -0.2) is 54.5 Å². The lowest BCUT2D eigenvalue weighted by Crippen LogP contribution is -2.59. The van der Waals surface area contributed by atoms with Gasteiger partial charge in [0.2, 0.25) is 0 Å². The smallest absolute Gasteiger partial charge is 0.307 e. The van der Waals surface area contributed by atoms with E-state index >= 15 is 0 Å². The Morgan fingerprint density at radius 1 is 0.964 bits per heavy atom. The Bertz CT molecular complexity index is 523. The summed E-state index contributed by atoms with van der Waals surface area (Å²) >= 11 is 0. The largest absolute Gasteiger partial charge is 0.469 e. The third kappa shape index (κ3) is 6.94. The highest BCUT2D eigenvalue weighted by Gasteiger charge is 2.44. The molecule has 0 spiro atoms. The van der Waals surface area contributed by atoms with Crippen LogP contribution >= 0.6 is 0 Å². The van der Waals surface area contributed by atoms with Gasteiger partial charge in [0, 0.05) is 6.04 Å². The Labute approximate surface area is 175 Å². The number of hydrogen-bond acceptors (Lipinski definition) is 5. The summed E-state index contributed by atoms with van der Waals surface area (Å²) in [5, 5.41) is 4.00. The molecule has 1 heterocycles. The van der Waals surface area contributed by atoms with Gasteiger partial charge in [0.05, 0.1) is 32.3 Å². The van der Waals surface area contributed by atoms with Crippen LogP contribution in [0.1, 0.15) is 60.8 Å². The lowest BCUT2D eigenvalue weighted by molar-refractivity contribution is -0.141. The van der Waals surface area contributed by atoms with E-state index in [0.717, 1.165) is 12.8 Å². The molecule has 0 aliphatic carbocycles. The topological polar surface area (TPSA) is 56.8 Å². The van der Waals surface area contributed by atoms with E-state index in [1.807, 2.05) is 0 Å². The van der Waals surface area contributed by atoms with Crippen molar-refractivity contribution >= 4 is 22.6 Å². The van der Waals surface area contributed by atoms with E-state index in [2.05, 4.69) is 73.0 Å². The van der Waals surface area contributed by atoms with E-state index in [1.165, 1.54) is 7.11 Å². The van der Waals surface area contributed by atoms with Gasteiger partial charge in [0.15, 0.2) is 16.6 Å². The molecule has 0 radical (unpaired) electrons. The number of piperidine rings is 1. The SMILES string of the molecule is COC(=O)C[C@H]1CC[C@@H](O[Si](C)(C)C(C)(C)C)[C@@H](CO[Si](C)(C)C(C)(C)C)N1. The fraction of sp³-hybridized carbons (Fsp3) is 0.952. The second-order valence-corrected chi connectivity index (χ2v) is 20.9. The maximum absolute atomic E-state index is 11.8. The standard InChI is InChI=1S/C21H45NO4Si2/c1-20(2,3)27(8,9)25-15-17-18(26-28(10,11)21(4,5)6)13-12-16(22-17)14-19(23)24-7/h16-18,22H,12-15H2,1-11H3/t16-,17-,18-/m1/s1. The number of carbonyl (C=O) groups excluding carboxylic acids is 1. The van der Waals surface area contributed by atoms with Crippen molar-refractivity contribution in [3.63, 3.8) is 0 Å². The van der Waals surface area contributed by atoms with Gasteiger partial charge in [0.25, 0.3) is 0 Å². The number of nitrogens with one attached hydrogen (secondary N) is 1. The molecule has 1 N–H and O–H groups in total. The highest BCUT2D eigenvalue weighted by molar-refractivity contribution is 6.74. The van der Waals surface area contributed by atoms with Crippen molar-refractivity contribution in [2.45, 2.75) is 115 Å². The van der Waals surface area contributed by atoms with Crippen LogP contribution in [0, 0.1) is 0 Å². The molecule has 166 valence electrons. The Kier molecular flexibility index (Phi) is 8.57. The lowest BCUT2D eigenvalue weighted by atomic mass is 9.94. The van der Waals surface area contributed by atoms with Crippen LogP contribution in [0.25, 0.3) is 0 Å². The van der Waals surface area contributed by atoms with Gasteiger partial charge in [-0.05, 0) is 49.1 Å². The highest BCUT2D eigenvalue weighted by Crippen LogP contribution is 2.40. The number of esters is 1. The van der Waals surface area contributed by atoms with Crippen LogP contribution in [-0.2, 0) is 18.4 Å². The van der Waals surface area contributed by atoms with E-state index in [0.29, 0.717) is 13.0 Å². The molecule has 1 rings (SSSR count). The van der Waals surface area contributed by atoms with Crippen LogP contribution in [0.15, 0.2) is 0 Å². The van der Waals surface area contributed by atoms with Gasteiger partial charge in [-0.2, -0.15) is 0 Å². The molecule has 0 aromatic heterocycles. The van der Waals surface area contributed by atoms with Crippen LogP contribution < -0.4 is 5.32 Å². The number of carbonyl (C=O) groups is 1. The molecule has 1 aliphatic heterocycles. The Hall–Kier alpha value is -0.216. The van der Waals surface area contributed by atoms with Crippen molar-refractivity contribution in [3.05, 3.63) is 0 Å². The predicted octanol–water partition coefficient (Wildman–Crippen LogP) is 5.08. The quantitative estimate of drug-likeness (QED) is 0.450. The maximum Gasteiger partial charge on any atom is 0.307 e. The summed E-state index contributed by atoms with van der Waals surface area (Å²) in [6, 6.07) is 0.228. The van der Waals surface area contributed by atoms with E-state index < -0.39 is 16.6 Å². The zero-order valence-corrected chi connectivity index (χ0v) is 22.2. The molecule has 0 unspecified atom stereocenters. The predicted molar refractivity (Wildman–Crippen MR) is 122 cm³/mol. The van der Waals surface area contributed by atoms with Crippen molar-refractivity contribution < 1.29 is 18.4 Å². The lowest BCUT2D eigenvalue weighted by Gasteiger charge is -2.46. The van der Waals surface area contributed by atoms with E-state index in [1.54, 1.807) is 0 Å². The average Bonchev–Trinajstić information content (AvgIpc) is 2.52. The fourth-order valence-corrected chi connectivity index (χ4v) is 5.29. The van der Waals surface area contributed by atoms with E-state index in [9.17, 15) is 4.79 Å². The van der Waals surface area contributed by atoms with Crippen molar-refractivity contribution in [1.29, 1.82) is 0 Å². The number of hydrogen-bond donors (Lipinski definition) is 1. The number of methoxy groups -OCH3 is 1. The molecule has 5 nitrogen and oxygen atoms in total. The Morgan fingerprint density at radius 3 is 1.96 bits per heavy atom. The second kappa shape index (κ2) is 9.29. The molecule has 3 atom stereocenters. The van der Waals surface area contributed by atoms with E-state index in [4.69, 9.17) is 13.6 Å². The maximum atomic E-state index is 11.8. The van der Waals surface area contributed by atoms with Gasteiger partial charge in [-0.25, -0.2) is 0 Å². The molecule has 0 aromatic carbocycles. The Balaban J connectivity index is 2.93. The molecular formula is C21H45NO4Si2. The van der Waals surface area contributed by atoms with Gasteiger partial charge in [0.1, 0.15) is 0 Å². The Morgan fingerprint density at radius 2 is 1.50 bits per heavy atom. The average molecular weight is 432 g/mol. The molecule has 7 heteroatoms. The number of ether oxygens (including phenoxy) is 1. The minimum Gasteiger partial charge on any atom is -0.469 e. The molecule has 0 aromatic rings. The van der Waals surface area contributed by atoms with Gasteiger partial charge in [-0.1, -0.05) is 41.5 Å². The summed E-state index contributed by atoms with van der Waals surface area (Å²) < 4.78 is 18.2. The summed E-state index contributed by atoms with van der Waals surface area (Å²) in [5.74, 6) is -0.162. The highest BCUT2D eigenvalue weighted by atomic mass is 28.4. The third-order valence-corrected chi connectivity index (χ3v) is 16.0. The first-order valence-electron chi connectivity index (χ1n) is 10.6.